The van der Waals surface area contributed by atoms with Gasteiger partial charge in [0.15, 0.2) is 0 Å². The van der Waals surface area contributed by atoms with Crippen molar-refractivity contribution in [2.75, 3.05) is 46.4 Å². The van der Waals surface area contributed by atoms with Crippen molar-refractivity contribution >= 4 is 11.6 Å². The third-order valence-corrected chi connectivity index (χ3v) is 3.41. The Balaban J connectivity index is 1.71. The van der Waals surface area contributed by atoms with E-state index in [-0.39, 0.29) is 0 Å². The van der Waals surface area contributed by atoms with Gasteiger partial charge in [0.2, 0.25) is 0 Å². The highest BCUT2D eigenvalue weighted by Gasteiger charge is 2.13. The van der Waals surface area contributed by atoms with E-state index in [4.69, 9.17) is 16.3 Å². The predicted octanol–water partition coefficient (Wildman–Crippen LogP) is 1.97. The molecule has 0 bridgehead atoms. The van der Waals surface area contributed by atoms with Gasteiger partial charge in [0, 0.05) is 32.7 Å². The maximum atomic E-state index is 6.02. The molecule has 0 N–H and O–H groups in total. The van der Waals surface area contributed by atoms with Crippen molar-refractivity contribution in [2.45, 2.75) is 0 Å². The monoisotopic (exact) mass is 254 g/mol. The van der Waals surface area contributed by atoms with Crippen LogP contribution in [-0.2, 0) is 0 Å². The van der Waals surface area contributed by atoms with E-state index in [1.807, 2.05) is 24.3 Å². The summed E-state index contributed by atoms with van der Waals surface area (Å²) in [4.78, 5) is 4.78. The van der Waals surface area contributed by atoms with Gasteiger partial charge in [-0.3, -0.25) is 4.90 Å². The topological polar surface area (TPSA) is 15.7 Å². The van der Waals surface area contributed by atoms with E-state index in [1.54, 1.807) is 0 Å². The number of para-hydroxylation sites is 1. The Labute approximate surface area is 108 Å². The minimum atomic E-state index is 0.686. The lowest BCUT2D eigenvalue weighted by molar-refractivity contribution is 0.134. The van der Waals surface area contributed by atoms with Gasteiger partial charge in [0.25, 0.3) is 0 Å². The molecule has 0 aromatic heterocycles. The highest BCUT2D eigenvalue weighted by Crippen LogP contribution is 2.22. The van der Waals surface area contributed by atoms with E-state index in [0.717, 1.165) is 38.5 Å². The van der Waals surface area contributed by atoms with Crippen molar-refractivity contribution in [1.82, 2.24) is 9.80 Å². The summed E-state index contributed by atoms with van der Waals surface area (Å²) in [6, 6.07) is 7.62. The van der Waals surface area contributed by atoms with E-state index < -0.39 is 0 Å². The Hall–Kier alpha value is -0.770. The third-order valence-electron chi connectivity index (χ3n) is 3.10. The summed E-state index contributed by atoms with van der Waals surface area (Å²) in [6.07, 6.45) is 0. The Kier molecular flexibility index (Phi) is 4.66. The van der Waals surface area contributed by atoms with E-state index in [9.17, 15) is 0 Å². The lowest BCUT2D eigenvalue weighted by Crippen LogP contribution is -2.45. The average molecular weight is 255 g/mol. The highest BCUT2D eigenvalue weighted by molar-refractivity contribution is 6.32. The SMILES string of the molecule is CN1CCN(CCOc2ccccc2Cl)CC1. The van der Waals surface area contributed by atoms with Crippen LogP contribution in [0.4, 0.5) is 0 Å². The number of halogens is 1. The van der Waals surface area contributed by atoms with Crippen LogP contribution >= 0.6 is 11.6 Å². The zero-order chi connectivity index (χ0) is 12.1. The highest BCUT2D eigenvalue weighted by atomic mass is 35.5. The fraction of sp³-hybridized carbons (Fsp3) is 0.538. The van der Waals surface area contributed by atoms with Crippen LogP contribution in [0.15, 0.2) is 24.3 Å². The minimum Gasteiger partial charge on any atom is -0.491 e. The van der Waals surface area contributed by atoms with Crippen molar-refractivity contribution < 1.29 is 4.74 Å². The molecule has 0 radical (unpaired) electrons. The molecular weight excluding hydrogens is 236 g/mol. The first-order chi connectivity index (χ1) is 8.25. The fourth-order valence-electron chi connectivity index (χ4n) is 1.92. The molecule has 1 aliphatic rings. The van der Waals surface area contributed by atoms with Gasteiger partial charge < -0.3 is 9.64 Å². The molecule has 1 heterocycles. The van der Waals surface area contributed by atoms with Crippen molar-refractivity contribution in [1.29, 1.82) is 0 Å². The molecular formula is C13H19ClN2O. The van der Waals surface area contributed by atoms with Crippen molar-refractivity contribution in [3.8, 4) is 5.75 Å². The van der Waals surface area contributed by atoms with Crippen molar-refractivity contribution in [2.24, 2.45) is 0 Å². The number of hydrogen-bond acceptors (Lipinski definition) is 3. The molecule has 0 atom stereocenters. The fourth-order valence-corrected chi connectivity index (χ4v) is 2.11. The predicted molar refractivity (Wildman–Crippen MR) is 70.9 cm³/mol. The van der Waals surface area contributed by atoms with Crippen LogP contribution in [0.1, 0.15) is 0 Å². The summed E-state index contributed by atoms with van der Waals surface area (Å²) in [5.74, 6) is 0.781. The summed E-state index contributed by atoms with van der Waals surface area (Å²) >= 11 is 6.02. The molecule has 4 heteroatoms. The van der Waals surface area contributed by atoms with Gasteiger partial charge in [0.05, 0.1) is 5.02 Å². The quantitative estimate of drug-likeness (QED) is 0.817. The first-order valence-electron chi connectivity index (χ1n) is 6.04. The van der Waals surface area contributed by atoms with Gasteiger partial charge in [-0.05, 0) is 19.2 Å². The molecule has 0 unspecified atom stereocenters. The number of nitrogens with zero attached hydrogens (tertiary/aromatic N) is 2. The first-order valence-corrected chi connectivity index (χ1v) is 6.42. The van der Waals surface area contributed by atoms with Gasteiger partial charge >= 0.3 is 0 Å². The second kappa shape index (κ2) is 6.24. The van der Waals surface area contributed by atoms with E-state index in [2.05, 4.69) is 16.8 Å². The van der Waals surface area contributed by atoms with Crippen molar-refractivity contribution in [3.63, 3.8) is 0 Å². The summed E-state index contributed by atoms with van der Waals surface area (Å²) in [7, 11) is 2.16. The number of likely N-dealkylation sites (N-methyl/N-ethyl adjacent to an activating group) is 1. The Morgan fingerprint density at radius 2 is 1.88 bits per heavy atom. The number of rotatable bonds is 4. The number of ether oxygens (including phenoxy) is 1. The lowest BCUT2D eigenvalue weighted by Gasteiger charge is -2.32. The molecule has 0 amide bonds. The lowest BCUT2D eigenvalue weighted by atomic mass is 10.3. The summed E-state index contributed by atoms with van der Waals surface area (Å²) in [6.45, 7) is 6.22. The summed E-state index contributed by atoms with van der Waals surface area (Å²) < 4.78 is 5.68. The van der Waals surface area contributed by atoms with Crippen LogP contribution in [0.25, 0.3) is 0 Å². The van der Waals surface area contributed by atoms with Crippen LogP contribution < -0.4 is 4.74 Å². The van der Waals surface area contributed by atoms with E-state index in [0.29, 0.717) is 11.6 Å². The molecule has 0 spiro atoms. The Bertz CT molecular complexity index is 351. The smallest absolute Gasteiger partial charge is 0.137 e. The summed E-state index contributed by atoms with van der Waals surface area (Å²) in [5, 5.41) is 0.686. The van der Waals surface area contributed by atoms with Crippen LogP contribution in [0, 0.1) is 0 Å². The first kappa shape index (κ1) is 12.7. The number of hydrogen-bond donors (Lipinski definition) is 0. The number of benzene rings is 1. The molecule has 1 fully saturated rings. The standard InChI is InChI=1S/C13H19ClN2O/c1-15-6-8-16(9-7-15)10-11-17-13-5-3-2-4-12(13)14/h2-5H,6-11H2,1H3. The molecule has 17 heavy (non-hydrogen) atoms. The molecule has 3 nitrogen and oxygen atoms in total. The third kappa shape index (κ3) is 3.87. The second-order valence-electron chi connectivity index (χ2n) is 4.42. The van der Waals surface area contributed by atoms with Gasteiger partial charge in [-0.25, -0.2) is 0 Å². The molecule has 94 valence electrons. The number of piperazine rings is 1. The molecule has 2 rings (SSSR count). The summed E-state index contributed by atoms with van der Waals surface area (Å²) in [5.41, 5.74) is 0. The molecule has 0 saturated carbocycles. The van der Waals surface area contributed by atoms with Gasteiger partial charge in [-0.2, -0.15) is 0 Å². The Morgan fingerprint density at radius 1 is 1.18 bits per heavy atom. The van der Waals surface area contributed by atoms with Gasteiger partial charge in [-0.15, -0.1) is 0 Å². The molecule has 1 aromatic rings. The Morgan fingerprint density at radius 3 is 2.59 bits per heavy atom. The van der Waals surface area contributed by atoms with E-state index >= 15 is 0 Å². The minimum absolute atomic E-state index is 0.686. The van der Waals surface area contributed by atoms with Gasteiger partial charge in [0.1, 0.15) is 12.4 Å². The maximum Gasteiger partial charge on any atom is 0.137 e. The largest absolute Gasteiger partial charge is 0.491 e. The normalized spacial score (nSPS) is 18.2. The van der Waals surface area contributed by atoms with Crippen LogP contribution in [0.2, 0.25) is 5.02 Å². The second-order valence-corrected chi connectivity index (χ2v) is 4.83. The average Bonchev–Trinajstić information content (AvgIpc) is 2.34. The van der Waals surface area contributed by atoms with E-state index in [1.165, 1.54) is 0 Å². The van der Waals surface area contributed by atoms with Crippen LogP contribution in [-0.4, -0.2) is 56.2 Å². The van der Waals surface area contributed by atoms with Crippen LogP contribution in [0.3, 0.4) is 0 Å². The van der Waals surface area contributed by atoms with Gasteiger partial charge in [-0.1, -0.05) is 23.7 Å². The maximum absolute atomic E-state index is 6.02. The van der Waals surface area contributed by atoms with Crippen LogP contribution in [0.5, 0.6) is 5.75 Å². The zero-order valence-corrected chi connectivity index (χ0v) is 11.0. The molecule has 1 saturated heterocycles. The molecule has 0 aliphatic carbocycles. The zero-order valence-electron chi connectivity index (χ0n) is 10.2. The van der Waals surface area contributed by atoms with Crippen molar-refractivity contribution in [3.05, 3.63) is 29.3 Å². The molecule has 1 aromatic carbocycles. The molecule has 1 aliphatic heterocycles.